The topological polar surface area (TPSA) is 96.4 Å². The van der Waals surface area contributed by atoms with E-state index in [-0.39, 0.29) is 30.9 Å². The van der Waals surface area contributed by atoms with Gasteiger partial charge in [0.15, 0.2) is 0 Å². The molecule has 3 rings (SSSR count). The summed E-state index contributed by atoms with van der Waals surface area (Å²) < 4.78 is 12.4. The first-order valence-electron chi connectivity index (χ1n) is 14.9. The molecule has 3 aliphatic heterocycles. The van der Waals surface area contributed by atoms with Crippen molar-refractivity contribution in [3.63, 3.8) is 0 Å². The molecule has 2 amide bonds. The number of rotatable bonds is 17. The number of allylic oxidation sites excluding steroid dienone is 1. The first-order valence-corrected chi connectivity index (χ1v) is 14.9. The van der Waals surface area contributed by atoms with Gasteiger partial charge in [0.05, 0.1) is 30.8 Å². The van der Waals surface area contributed by atoms with Crippen LogP contribution in [0.5, 0.6) is 0 Å². The van der Waals surface area contributed by atoms with Crippen molar-refractivity contribution < 1.29 is 29.0 Å². The summed E-state index contributed by atoms with van der Waals surface area (Å²) in [5, 5.41) is 10.4. The van der Waals surface area contributed by atoms with Crippen LogP contribution < -0.4 is 0 Å². The van der Waals surface area contributed by atoms with Crippen molar-refractivity contribution in [1.29, 1.82) is 0 Å². The zero-order valence-electron chi connectivity index (χ0n) is 24.5. The summed E-state index contributed by atoms with van der Waals surface area (Å²) >= 11 is 0. The van der Waals surface area contributed by atoms with Gasteiger partial charge in [0.2, 0.25) is 11.8 Å². The summed E-state index contributed by atoms with van der Waals surface area (Å²) in [5.41, 5.74) is -1.99. The third-order valence-electron chi connectivity index (χ3n) is 8.79. The van der Waals surface area contributed by atoms with Crippen LogP contribution in [0, 0.1) is 17.8 Å². The lowest BCUT2D eigenvalue weighted by Crippen LogP contribution is -2.59. The van der Waals surface area contributed by atoms with Crippen molar-refractivity contribution in [2.45, 2.75) is 109 Å². The van der Waals surface area contributed by atoms with Crippen molar-refractivity contribution in [1.82, 2.24) is 9.80 Å². The van der Waals surface area contributed by atoms with Gasteiger partial charge in [-0.15, -0.1) is 13.2 Å². The number of fused-ring (bicyclic) bond motifs is 1. The summed E-state index contributed by atoms with van der Waals surface area (Å²) in [6, 6.07) is -1.45. The van der Waals surface area contributed by atoms with Crippen LogP contribution in [-0.2, 0) is 23.9 Å². The van der Waals surface area contributed by atoms with E-state index >= 15 is 0 Å². The van der Waals surface area contributed by atoms with Gasteiger partial charge in [0, 0.05) is 13.1 Å². The molecule has 0 aromatic carbocycles. The second kappa shape index (κ2) is 13.4. The molecule has 3 heterocycles. The van der Waals surface area contributed by atoms with Gasteiger partial charge in [-0.2, -0.15) is 0 Å². The van der Waals surface area contributed by atoms with Crippen LogP contribution in [0.3, 0.4) is 0 Å². The number of aliphatic hydroxyl groups excluding tert-OH is 1. The van der Waals surface area contributed by atoms with Crippen molar-refractivity contribution in [3.8, 4) is 0 Å². The molecule has 1 spiro atoms. The SMILES string of the molecule is C=CCCCCOC(=O)[C@H]1[C@H]2C(=O)N([C@@H](CO)CC(C)C)C(C(=O)N(CC=C)CCCCC)C23CC[C@]1(C)O3. The second-order valence-electron chi connectivity index (χ2n) is 12.2. The first-order chi connectivity index (χ1) is 18.6. The number of unbranched alkanes of at least 4 members (excludes halogenated alkanes) is 4. The smallest absolute Gasteiger partial charge is 0.312 e. The van der Waals surface area contributed by atoms with Crippen LogP contribution in [0.15, 0.2) is 25.3 Å². The molecule has 3 saturated heterocycles. The fourth-order valence-electron chi connectivity index (χ4n) is 7.04. The van der Waals surface area contributed by atoms with Crippen molar-refractivity contribution in [2.24, 2.45) is 17.8 Å². The van der Waals surface area contributed by atoms with Gasteiger partial charge in [-0.1, -0.05) is 45.8 Å². The molecule has 0 aliphatic carbocycles. The number of carbonyl (C=O) groups excluding carboxylic acids is 3. The number of amides is 2. The quantitative estimate of drug-likeness (QED) is 0.166. The molecule has 0 aromatic heterocycles. The number of esters is 1. The van der Waals surface area contributed by atoms with Gasteiger partial charge in [-0.3, -0.25) is 14.4 Å². The van der Waals surface area contributed by atoms with Gasteiger partial charge < -0.3 is 24.4 Å². The lowest BCUT2D eigenvalue weighted by molar-refractivity contribution is -0.162. The molecule has 2 unspecified atom stereocenters. The lowest BCUT2D eigenvalue weighted by Gasteiger charge is -2.40. The van der Waals surface area contributed by atoms with Crippen molar-refractivity contribution >= 4 is 17.8 Å². The normalized spacial score (nSPS) is 29.9. The fourth-order valence-corrected chi connectivity index (χ4v) is 7.04. The zero-order chi connectivity index (χ0) is 28.8. The molecule has 220 valence electrons. The summed E-state index contributed by atoms with van der Waals surface area (Å²) in [6.07, 6.45) is 10.5. The van der Waals surface area contributed by atoms with Gasteiger partial charge in [-0.25, -0.2) is 0 Å². The largest absolute Gasteiger partial charge is 0.465 e. The molecular formula is C31H50N2O6. The number of ether oxygens (including phenoxy) is 2. The highest BCUT2D eigenvalue weighted by Gasteiger charge is 2.79. The molecule has 2 bridgehead atoms. The Hall–Kier alpha value is -2.19. The van der Waals surface area contributed by atoms with E-state index in [1.807, 2.05) is 26.8 Å². The van der Waals surface area contributed by atoms with E-state index in [4.69, 9.17) is 9.47 Å². The Morgan fingerprint density at radius 3 is 2.56 bits per heavy atom. The van der Waals surface area contributed by atoms with E-state index in [1.54, 1.807) is 15.9 Å². The van der Waals surface area contributed by atoms with Crippen molar-refractivity contribution in [3.05, 3.63) is 25.3 Å². The minimum Gasteiger partial charge on any atom is -0.465 e. The van der Waals surface area contributed by atoms with E-state index in [2.05, 4.69) is 20.1 Å². The second-order valence-corrected chi connectivity index (χ2v) is 12.2. The number of aliphatic hydroxyl groups is 1. The van der Waals surface area contributed by atoms with Crippen LogP contribution in [0.2, 0.25) is 0 Å². The first kappa shape index (κ1) is 31.3. The molecule has 0 aromatic rings. The van der Waals surface area contributed by atoms with Crippen molar-refractivity contribution in [2.75, 3.05) is 26.3 Å². The number of hydrogen-bond donors (Lipinski definition) is 1. The zero-order valence-corrected chi connectivity index (χ0v) is 24.5. The van der Waals surface area contributed by atoms with E-state index in [9.17, 15) is 19.5 Å². The van der Waals surface area contributed by atoms with Crippen LogP contribution >= 0.6 is 0 Å². The van der Waals surface area contributed by atoms with Crippen LogP contribution in [-0.4, -0.2) is 82.3 Å². The molecular weight excluding hydrogens is 496 g/mol. The highest BCUT2D eigenvalue weighted by molar-refractivity contribution is 5.98. The van der Waals surface area contributed by atoms with Gasteiger partial charge in [0.25, 0.3) is 0 Å². The van der Waals surface area contributed by atoms with Gasteiger partial charge in [-0.05, 0) is 57.8 Å². The number of nitrogens with zero attached hydrogens (tertiary/aromatic N) is 2. The van der Waals surface area contributed by atoms with E-state index in [0.29, 0.717) is 38.8 Å². The Labute approximate surface area is 234 Å². The maximum Gasteiger partial charge on any atom is 0.312 e. The van der Waals surface area contributed by atoms with Crippen LogP contribution in [0.1, 0.15) is 85.5 Å². The Bertz CT molecular complexity index is 906. The Kier molecular flexibility index (Phi) is 10.8. The predicted octanol–water partition coefficient (Wildman–Crippen LogP) is 4.26. The summed E-state index contributed by atoms with van der Waals surface area (Å²) in [7, 11) is 0. The standard InChI is InChI=1S/C31H50N2O6/c1-7-10-12-14-19-38-29(37)25-24-27(35)33(23(21-34)20-22(4)5)26(31(24)16-15-30(25,6)39-31)28(36)32(17-9-3)18-13-11-8-2/h7,9,22-26,34H,1,3,8,10-21H2,2,4-6H3/t23-,24+,25-,26?,30+,31?/m1/s1. The molecule has 1 N–H and O–H groups in total. The van der Waals surface area contributed by atoms with E-state index in [0.717, 1.165) is 32.1 Å². The van der Waals surface area contributed by atoms with Gasteiger partial charge >= 0.3 is 5.97 Å². The van der Waals surface area contributed by atoms with Crippen LogP contribution in [0.25, 0.3) is 0 Å². The Morgan fingerprint density at radius 2 is 1.95 bits per heavy atom. The van der Waals surface area contributed by atoms with Gasteiger partial charge in [0.1, 0.15) is 17.6 Å². The average molecular weight is 547 g/mol. The molecule has 8 heteroatoms. The summed E-state index contributed by atoms with van der Waals surface area (Å²) in [5.74, 6) is -2.30. The molecule has 8 nitrogen and oxygen atoms in total. The maximum atomic E-state index is 14.4. The van der Waals surface area contributed by atoms with E-state index < -0.39 is 41.1 Å². The highest BCUT2D eigenvalue weighted by atomic mass is 16.6. The average Bonchev–Trinajstić information content (AvgIpc) is 3.46. The molecule has 6 atom stereocenters. The number of likely N-dealkylation sites (tertiary alicyclic amines) is 1. The third kappa shape index (κ3) is 6.12. The molecule has 3 fully saturated rings. The molecule has 3 aliphatic rings. The monoisotopic (exact) mass is 546 g/mol. The summed E-state index contributed by atoms with van der Waals surface area (Å²) in [6.45, 7) is 16.6. The Morgan fingerprint density at radius 1 is 1.21 bits per heavy atom. The minimum atomic E-state index is -1.12. The minimum absolute atomic E-state index is 0.188. The highest BCUT2D eigenvalue weighted by Crippen LogP contribution is 2.63. The molecule has 0 radical (unpaired) electrons. The molecule has 0 saturated carbocycles. The maximum absolute atomic E-state index is 14.4. The van der Waals surface area contributed by atoms with Crippen LogP contribution in [0.4, 0.5) is 0 Å². The summed E-state index contributed by atoms with van der Waals surface area (Å²) in [4.78, 5) is 45.5. The third-order valence-corrected chi connectivity index (χ3v) is 8.79. The molecule has 39 heavy (non-hydrogen) atoms. The Balaban J connectivity index is 1.99. The van der Waals surface area contributed by atoms with E-state index in [1.165, 1.54) is 0 Å². The lowest BCUT2D eigenvalue weighted by atomic mass is 9.66. The predicted molar refractivity (Wildman–Crippen MR) is 151 cm³/mol. The fraction of sp³-hybridized carbons (Fsp3) is 0.774. The number of carbonyl (C=O) groups is 3. The number of hydrogen-bond acceptors (Lipinski definition) is 6.